The molecule has 6 heteroatoms. The minimum Gasteiger partial charge on any atom is -0.451 e. The zero-order chi connectivity index (χ0) is 14.7. The van der Waals surface area contributed by atoms with Crippen LogP contribution in [0.3, 0.4) is 0 Å². The smallest absolute Gasteiger partial charge is 0.348 e. The van der Waals surface area contributed by atoms with Crippen molar-refractivity contribution in [1.29, 1.82) is 0 Å². The van der Waals surface area contributed by atoms with Crippen molar-refractivity contribution in [2.24, 2.45) is 0 Å². The van der Waals surface area contributed by atoms with Crippen LogP contribution >= 0.6 is 11.3 Å². The van der Waals surface area contributed by atoms with Gasteiger partial charge in [-0.1, -0.05) is 0 Å². The van der Waals surface area contributed by atoms with Crippen molar-refractivity contribution in [1.82, 2.24) is 5.32 Å². The number of benzene rings is 1. The van der Waals surface area contributed by atoms with Gasteiger partial charge in [-0.3, -0.25) is 4.79 Å². The Morgan fingerprint density at radius 2 is 2.10 bits per heavy atom. The van der Waals surface area contributed by atoms with Gasteiger partial charge in [0.2, 0.25) is 0 Å². The zero-order valence-corrected chi connectivity index (χ0v) is 11.9. The second-order valence-electron chi connectivity index (χ2n) is 4.59. The van der Waals surface area contributed by atoms with Crippen molar-refractivity contribution in [2.75, 3.05) is 6.61 Å². The molecule has 1 aromatic heterocycles. The minimum absolute atomic E-state index is 0.00602. The summed E-state index contributed by atoms with van der Waals surface area (Å²) in [4.78, 5) is 23.5. The summed E-state index contributed by atoms with van der Waals surface area (Å²) in [5, 5.41) is 3.27. The van der Waals surface area contributed by atoms with Gasteiger partial charge in [0.15, 0.2) is 6.61 Å². The highest BCUT2D eigenvalue weighted by Crippen LogP contribution is 2.26. The number of halogens is 1. The second kappa shape index (κ2) is 6.00. The van der Waals surface area contributed by atoms with Crippen LogP contribution in [0.1, 0.15) is 23.5 Å². The first-order valence-corrected chi connectivity index (χ1v) is 6.93. The number of fused-ring (bicyclic) bond motifs is 1. The summed E-state index contributed by atoms with van der Waals surface area (Å²) in [6.45, 7) is 3.32. The van der Waals surface area contributed by atoms with Gasteiger partial charge in [0.25, 0.3) is 5.91 Å². The number of ether oxygens (including phenoxy) is 1. The lowest BCUT2D eigenvalue weighted by atomic mass is 10.2. The average molecular weight is 295 g/mol. The molecule has 0 radical (unpaired) electrons. The number of nitrogens with one attached hydrogen (secondary N) is 1. The Kier molecular flexibility index (Phi) is 4.34. The molecule has 0 unspecified atom stereocenters. The highest BCUT2D eigenvalue weighted by atomic mass is 32.1. The molecule has 0 saturated heterocycles. The molecule has 0 spiro atoms. The van der Waals surface area contributed by atoms with Gasteiger partial charge in [-0.2, -0.15) is 0 Å². The van der Waals surface area contributed by atoms with Crippen LogP contribution in [0.2, 0.25) is 0 Å². The van der Waals surface area contributed by atoms with Crippen molar-refractivity contribution in [3.63, 3.8) is 0 Å². The molecule has 1 N–H and O–H groups in total. The van der Waals surface area contributed by atoms with Gasteiger partial charge in [0.1, 0.15) is 10.7 Å². The largest absolute Gasteiger partial charge is 0.451 e. The van der Waals surface area contributed by atoms with Crippen molar-refractivity contribution in [3.05, 3.63) is 35.0 Å². The molecular formula is C14H14FNO3S. The van der Waals surface area contributed by atoms with Gasteiger partial charge in [-0.15, -0.1) is 11.3 Å². The Bertz CT molecular complexity index is 651. The van der Waals surface area contributed by atoms with Crippen LogP contribution in [0.25, 0.3) is 10.1 Å². The Balaban J connectivity index is 2.02. The molecule has 20 heavy (non-hydrogen) atoms. The van der Waals surface area contributed by atoms with Crippen LogP contribution < -0.4 is 5.32 Å². The first-order chi connectivity index (χ1) is 9.45. The van der Waals surface area contributed by atoms with Crippen LogP contribution in [0, 0.1) is 5.82 Å². The third-order valence-corrected chi connectivity index (χ3v) is 3.56. The lowest BCUT2D eigenvalue weighted by molar-refractivity contribution is -0.124. The molecule has 4 nitrogen and oxygen atoms in total. The maximum absolute atomic E-state index is 13.1. The van der Waals surface area contributed by atoms with E-state index in [1.807, 2.05) is 13.8 Å². The zero-order valence-electron chi connectivity index (χ0n) is 11.1. The number of thiophene rings is 1. The van der Waals surface area contributed by atoms with Gasteiger partial charge in [0, 0.05) is 10.7 Å². The highest BCUT2D eigenvalue weighted by molar-refractivity contribution is 7.20. The molecule has 0 aliphatic heterocycles. The number of hydrogen-bond donors (Lipinski definition) is 1. The Hall–Kier alpha value is -1.95. The van der Waals surface area contributed by atoms with Crippen LogP contribution in [0.5, 0.6) is 0 Å². The third-order valence-electron chi connectivity index (χ3n) is 2.46. The summed E-state index contributed by atoms with van der Waals surface area (Å²) in [6.07, 6.45) is 0. The average Bonchev–Trinajstić information content (AvgIpc) is 2.78. The number of hydrogen-bond acceptors (Lipinski definition) is 4. The van der Waals surface area contributed by atoms with Gasteiger partial charge in [0.05, 0.1) is 0 Å². The molecule has 0 bridgehead atoms. The molecule has 0 aliphatic rings. The Morgan fingerprint density at radius 3 is 2.80 bits per heavy atom. The van der Waals surface area contributed by atoms with E-state index in [-0.39, 0.29) is 24.4 Å². The van der Waals surface area contributed by atoms with Gasteiger partial charge >= 0.3 is 5.97 Å². The molecular weight excluding hydrogens is 281 g/mol. The summed E-state index contributed by atoms with van der Waals surface area (Å²) in [5.74, 6) is -1.28. The second-order valence-corrected chi connectivity index (χ2v) is 5.67. The predicted octanol–water partition coefficient (Wildman–Crippen LogP) is 2.72. The van der Waals surface area contributed by atoms with E-state index in [0.717, 1.165) is 4.70 Å². The third kappa shape index (κ3) is 3.54. The Labute approximate surface area is 119 Å². The molecule has 1 heterocycles. The van der Waals surface area contributed by atoms with E-state index < -0.39 is 5.97 Å². The normalized spacial score (nSPS) is 10.8. The van der Waals surface area contributed by atoms with Crippen molar-refractivity contribution in [2.45, 2.75) is 19.9 Å². The van der Waals surface area contributed by atoms with Crippen molar-refractivity contribution >= 4 is 33.3 Å². The fraction of sp³-hybridized carbons (Fsp3) is 0.286. The SMILES string of the molecule is CC(C)NC(=O)COC(=O)c1cc2cc(F)ccc2s1. The molecule has 0 saturated carbocycles. The summed E-state index contributed by atoms with van der Waals surface area (Å²) >= 11 is 1.21. The maximum atomic E-state index is 13.1. The number of carbonyl (C=O) groups excluding carboxylic acids is 2. The fourth-order valence-electron chi connectivity index (χ4n) is 1.68. The van der Waals surface area contributed by atoms with E-state index in [4.69, 9.17) is 4.74 Å². The lowest BCUT2D eigenvalue weighted by Gasteiger charge is -2.08. The summed E-state index contributed by atoms with van der Waals surface area (Å²) in [6, 6.07) is 5.86. The first-order valence-electron chi connectivity index (χ1n) is 6.11. The van der Waals surface area contributed by atoms with E-state index in [1.54, 1.807) is 12.1 Å². The highest BCUT2D eigenvalue weighted by Gasteiger charge is 2.14. The molecule has 1 amide bonds. The lowest BCUT2D eigenvalue weighted by Crippen LogP contribution is -2.33. The van der Waals surface area contributed by atoms with E-state index in [9.17, 15) is 14.0 Å². The molecule has 1 aromatic carbocycles. The summed E-state index contributed by atoms with van der Waals surface area (Å²) in [5.41, 5.74) is 0. The standard InChI is InChI=1S/C14H14FNO3S/c1-8(2)16-13(17)7-19-14(18)12-6-9-5-10(15)3-4-11(9)20-12/h3-6,8H,7H2,1-2H3,(H,16,17). The maximum Gasteiger partial charge on any atom is 0.348 e. The number of rotatable bonds is 4. The van der Waals surface area contributed by atoms with Crippen molar-refractivity contribution < 1.29 is 18.7 Å². The van der Waals surface area contributed by atoms with Gasteiger partial charge in [-0.25, -0.2) is 9.18 Å². The number of carbonyl (C=O) groups is 2. The van der Waals surface area contributed by atoms with Gasteiger partial charge in [-0.05, 0) is 43.5 Å². The summed E-state index contributed by atoms with van der Waals surface area (Å²) in [7, 11) is 0. The topological polar surface area (TPSA) is 55.4 Å². The minimum atomic E-state index is -0.578. The first kappa shape index (κ1) is 14.5. The van der Waals surface area contributed by atoms with E-state index in [0.29, 0.717) is 10.3 Å². The molecule has 0 aliphatic carbocycles. The van der Waals surface area contributed by atoms with Crippen molar-refractivity contribution in [3.8, 4) is 0 Å². The fourth-order valence-corrected chi connectivity index (χ4v) is 2.62. The van der Waals surface area contributed by atoms with E-state index in [2.05, 4.69) is 5.32 Å². The predicted molar refractivity (Wildman–Crippen MR) is 75.3 cm³/mol. The molecule has 0 fully saturated rings. The monoisotopic (exact) mass is 295 g/mol. The molecule has 2 rings (SSSR count). The molecule has 2 aromatic rings. The van der Waals surface area contributed by atoms with Crippen LogP contribution in [0.15, 0.2) is 24.3 Å². The van der Waals surface area contributed by atoms with Crippen LogP contribution in [0.4, 0.5) is 4.39 Å². The van der Waals surface area contributed by atoms with Crippen LogP contribution in [-0.4, -0.2) is 24.5 Å². The molecule has 106 valence electrons. The quantitative estimate of drug-likeness (QED) is 0.882. The Morgan fingerprint density at radius 1 is 1.35 bits per heavy atom. The summed E-state index contributed by atoms with van der Waals surface area (Å²) < 4.78 is 18.8. The van der Waals surface area contributed by atoms with Gasteiger partial charge < -0.3 is 10.1 Å². The number of esters is 1. The number of amides is 1. The van der Waals surface area contributed by atoms with E-state index in [1.165, 1.54) is 23.5 Å². The van der Waals surface area contributed by atoms with Crippen LogP contribution in [-0.2, 0) is 9.53 Å². The molecule has 0 atom stereocenters. The van der Waals surface area contributed by atoms with E-state index >= 15 is 0 Å².